The van der Waals surface area contributed by atoms with E-state index in [4.69, 9.17) is 0 Å². The van der Waals surface area contributed by atoms with Crippen LogP contribution in [-0.4, -0.2) is 29.1 Å². The number of hydrogen-bond acceptors (Lipinski definition) is 2. The number of nitrogens with one attached hydrogen (secondary N) is 1. The molecular weight excluding hydrogens is 248 g/mol. The molecule has 1 spiro atoms. The quantitative estimate of drug-likeness (QED) is 0.837. The predicted molar refractivity (Wildman–Crippen MR) is 81.2 cm³/mol. The Bertz CT molecular complexity index is 356. The summed E-state index contributed by atoms with van der Waals surface area (Å²) in [7, 11) is 0. The van der Waals surface area contributed by atoms with Crippen LogP contribution in [0.1, 0.15) is 71.6 Å². The van der Waals surface area contributed by atoms with Crippen LogP contribution in [0, 0.1) is 11.8 Å². The molecule has 0 aromatic rings. The van der Waals surface area contributed by atoms with E-state index in [2.05, 4.69) is 24.1 Å². The highest BCUT2D eigenvalue weighted by Gasteiger charge is 2.51. The first-order chi connectivity index (χ1) is 9.61. The summed E-state index contributed by atoms with van der Waals surface area (Å²) in [6, 6.07) is 0. The summed E-state index contributed by atoms with van der Waals surface area (Å²) < 4.78 is 0. The number of rotatable bonds is 5. The summed E-state index contributed by atoms with van der Waals surface area (Å²) in [6.45, 7) is 5.50. The molecule has 0 radical (unpaired) electrons. The third-order valence-corrected chi connectivity index (χ3v) is 5.64. The summed E-state index contributed by atoms with van der Waals surface area (Å²) in [5, 5.41) is 3.73. The second-order valence-electron chi connectivity index (χ2n) is 7.66. The maximum absolute atomic E-state index is 12.9. The number of nitrogens with zero attached hydrogens (tertiary/aromatic N) is 1. The van der Waals surface area contributed by atoms with Gasteiger partial charge in [0.2, 0.25) is 5.91 Å². The third kappa shape index (κ3) is 2.61. The first-order valence-electron chi connectivity index (χ1n) is 8.69. The molecule has 3 fully saturated rings. The lowest BCUT2D eigenvalue weighted by Crippen LogP contribution is -2.44. The van der Waals surface area contributed by atoms with Crippen LogP contribution < -0.4 is 5.32 Å². The lowest BCUT2D eigenvalue weighted by molar-refractivity contribution is -0.133. The highest BCUT2D eigenvalue weighted by molar-refractivity contribution is 5.89. The Balaban J connectivity index is 1.67. The minimum Gasteiger partial charge on any atom is -0.326 e. The number of carbonyl (C=O) groups excluding carboxylic acids is 1. The summed E-state index contributed by atoms with van der Waals surface area (Å²) in [5.41, 5.74) is -0.181. The summed E-state index contributed by atoms with van der Waals surface area (Å²) >= 11 is 0. The van der Waals surface area contributed by atoms with E-state index in [0.29, 0.717) is 18.0 Å². The zero-order chi connectivity index (χ0) is 14.2. The van der Waals surface area contributed by atoms with Crippen molar-refractivity contribution in [2.45, 2.75) is 83.3 Å². The topological polar surface area (TPSA) is 32.3 Å². The van der Waals surface area contributed by atoms with Gasteiger partial charge in [-0.2, -0.15) is 0 Å². The molecule has 2 saturated carbocycles. The van der Waals surface area contributed by atoms with E-state index >= 15 is 0 Å². The molecule has 1 atom stereocenters. The fourth-order valence-electron chi connectivity index (χ4n) is 4.20. The molecule has 20 heavy (non-hydrogen) atoms. The van der Waals surface area contributed by atoms with E-state index in [1.165, 1.54) is 38.5 Å². The molecule has 2 aliphatic carbocycles. The van der Waals surface area contributed by atoms with Crippen LogP contribution in [-0.2, 0) is 4.79 Å². The minimum atomic E-state index is -0.181. The van der Waals surface area contributed by atoms with E-state index in [9.17, 15) is 4.79 Å². The van der Waals surface area contributed by atoms with Crippen LogP contribution in [0.25, 0.3) is 0 Å². The summed E-state index contributed by atoms with van der Waals surface area (Å²) in [4.78, 5) is 15.1. The van der Waals surface area contributed by atoms with Gasteiger partial charge >= 0.3 is 0 Å². The molecule has 0 aromatic heterocycles. The largest absolute Gasteiger partial charge is 0.326 e. The van der Waals surface area contributed by atoms with Gasteiger partial charge in [-0.1, -0.05) is 46.0 Å². The molecule has 3 rings (SSSR count). The van der Waals surface area contributed by atoms with Crippen molar-refractivity contribution < 1.29 is 4.79 Å². The number of hydrogen-bond donors (Lipinski definition) is 1. The first kappa shape index (κ1) is 14.4. The predicted octanol–water partition coefficient (Wildman–Crippen LogP) is 3.29. The molecule has 3 nitrogen and oxygen atoms in total. The molecular formula is C17H30N2O. The Hall–Kier alpha value is -0.570. The maximum Gasteiger partial charge on any atom is 0.244 e. The van der Waals surface area contributed by atoms with Gasteiger partial charge in [-0.25, -0.2) is 0 Å². The van der Waals surface area contributed by atoms with Gasteiger partial charge in [-0.05, 0) is 37.5 Å². The smallest absolute Gasteiger partial charge is 0.244 e. The van der Waals surface area contributed by atoms with Crippen molar-refractivity contribution in [2.24, 2.45) is 11.8 Å². The number of amides is 1. The lowest BCUT2D eigenvalue weighted by atomic mass is 9.83. The van der Waals surface area contributed by atoms with Gasteiger partial charge in [-0.15, -0.1) is 0 Å². The van der Waals surface area contributed by atoms with Gasteiger partial charge in [0.25, 0.3) is 0 Å². The fourth-order valence-corrected chi connectivity index (χ4v) is 4.20. The second-order valence-corrected chi connectivity index (χ2v) is 7.66. The second kappa shape index (κ2) is 5.67. The van der Waals surface area contributed by atoms with Crippen LogP contribution in [0.15, 0.2) is 0 Å². The molecule has 3 heteroatoms. The molecule has 1 aliphatic heterocycles. The van der Waals surface area contributed by atoms with Crippen LogP contribution in [0.5, 0.6) is 0 Å². The highest BCUT2D eigenvalue weighted by Crippen LogP contribution is 2.38. The van der Waals surface area contributed by atoms with Crippen molar-refractivity contribution in [3.8, 4) is 0 Å². The average Bonchev–Trinajstić information content (AvgIpc) is 2.88. The first-order valence-corrected chi connectivity index (χ1v) is 8.69. The van der Waals surface area contributed by atoms with Crippen LogP contribution in [0.3, 0.4) is 0 Å². The average molecular weight is 278 g/mol. The number of carbonyl (C=O) groups is 1. The van der Waals surface area contributed by atoms with Gasteiger partial charge in [0, 0.05) is 6.54 Å². The highest BCUT2D eigenvalue weighted by atomic mass is 16.2. The van der Waals surface area contributed by atoms with Crippen molar-refractivity contribution in [3.05, 3.63) is 0 Å². The third-order valence-electron chi connectivity index (χ3n) is 5.64. The molecule has 0 bridgehead atoms. The van der Waals surface area contributed by atoms with E-state index < -0.39 is 0 Å². The monoisotopic (exact) mass is 278 g/mol. The Morgan fingerprint density at radius 2 is 1.95 bits per heavy atom. The summed E-state index contributed by atoms with van der Waals surface area (Å²) in [6.07, 6.45) is 11.3. The zero-order valence-electron chi connectivity index (χ0n) is 13.2. The molecule has 1 amide bonds. The van der Waals surface area contributed by atoms with Gasteiger partial charge in [0.1, 0.15) is 0 Å². The van der Waals surface area contributed by atoms with Crippen LogP contribution in [0.4, 0.5) is 0 Å². The van der Waals surface area contributed by atoms with E-state index in [-0.39, 0.29) is 5.54 Å². The SMILES string of the molecule is CC(C)CC1NC2(CCCC2)C(=O)N1CCC1CCC1. The minimum absolute atomic E-state index is 0.181. The van der Waals surface area contributed by atoms with Crippen LogP contribution >= 0.6 is 0 Å². The van der Waals surface area contributed by atoms with E-state index in [0.717, 1.165) is 31.7 Å². The van der Waals surface area contributed by atoms with E-state index in [1.807, 2.05) is 0 Å². The Kier molecular flexibility index (Phi) is 4.07. The molecule has 1 heterocycles. The van der Waals surface area contributed by atoms with Crippen molar-refractivity contribution >= 4 is 5.91 Å². The zero-order valence-corrected chi connectivity index (χ0v) is 13.2. The maximum atomic E-state index is 12.9. The van der Waals surface area contributed by atoms with Crippen LogP contribution in [0.2, 0.25) is 0 Å². The van der Waals surface area contributed by atoms with Gasteiger partial charge in [-0.3, -0.25) is 10.1 Å². The molecule has 1 N–H and O–H groups in total. The Labute approximate surface area is 123 Å². The van der Waals surface area contributed by atoms with E-state index in [1.54, 1.807) is 0 Å². The van der Waals surface area contributed by atoms with Gasteiger partial charge in [0.15, 0.2) is 0 Å². The van der Waals surface area contributed by atoms with Crippen molar-refractivity contribution in [1.29, 1.82) is 0 Å². The van der Waals surface area contributed by atoms with Crippen molar-refractivity contribution in [3.63, 3.8) is 0 Å². The van der Waals surface area contributed by atoms with Gasteiger partial charge in [0.05, 0.1) is 11.7 Å². The molecule has 3 aliphatic rings. The van der Waals surface area contributed by atoms with Gasteiger partial charge < -0.3 is 4.90 Å². The normalized spacial score (nSPS) is 29.6. The molecule has 1 unspecified atom stereocenters. The lowest BCUT2D eigenvalue weighted by Gasteiger charge is -2.30. The standard InChI is InChI=1S/C17H30N2O/c1-13(2)12-15-18-17(9-3-4-10-17)16(20)19(15)11-8-14-6-5-7-14/h13-15,18H,3-12H2,1-2H3. The Morgan fingerprint density at radius 3 is 2.50 bits per heavy atom. The van der Waals surface area contributed by atoms with Crippen molar-refractivity contribution in [2.75, 3.05) is 6.54 Å². The molecule has 0 aromatic carbocycles. The van der Waals surface area contributed by atoms with Crippen molar-refractivity contribution in [1.82, 2.24) is 10.2 Å². The summed E-state index contributed by atoms with van der Waals surface area (Å²) in [5.74, 6) is 1.95. The Morgan fingerprint density at radius 1 is 1.25 bits per heavy atom. The molecule has 114 valence electrons. The molecule has 1 saturated heterocycles. The fraction of sp³-hybridized carbons (Fsp3) is 0.941.